The lowest BCUT2D eigenvalue weighted by molar-refractivity contribution is -0.0607. The molecule has 1 aromatic carbocycles. The van der Waals surface area contributed by atoms with Crippen LogP contribution >= 0.6 is 0 Å². The normalized spacial score (nSPS) is 27.9. The van der Waals surface area contributed by atoms with E-state index in [0.717, 1.165) is 56.5 Å². The number of piperidine rings is 1. The SMILES string of the molecule is CCCn1ncc(CN2[C@@H]3CC[C@@H]2CC(O)(c2ccccc2OC)C3)c1C. The highest BCUT2D eigenvalue weighted by atomic mass is 16.5. The Morgan fingerprint density at radius 1 is 1.22 bits per heavy atom. The maximum atomic E-state index is 11.5. The predicted octanol–water partition coefficient (Wildman–Crippen LogP) is 3.62. The van der Waals surface area contributed by atoms with Crippen molar-refractivity contribution in [2.45, 2.75) is 76.7 Å². The molecule has 2 aliphatic heterocycles. The molecule has 2 aliphatic rings. The van der Waals surface area contributed by atoms with Crippen molar-refractivity contribution in [2.24, 2.45) is 0 Å². The Morgan fingerprint density at radius 3 is 2.59 bits per heavy atom. The Kier molecular flexibility index (Phi) is 4.99. The molecule has 5 nitrogen and oxygen atoms in total. The third kappa shape index (κ3) is 3.27. The van der Waals surface area contributed by atoms with Crippen molar-refractivity contribution < 1.29 is 9.84 Å². The predicted molar refractivity (Wildman–Crippen MR) is 106 cm³/mol. The van der Waals surface area contributed by atoms with E-state index in [4.69, 9.17) is 4.74 Å². The third-order valence-corrected chi connectivity index (χ3v) is 6.52. The first kappa shape index (κ1) is 18.5. The summed E-state index contributed by atoms with van der Waals surface area (Å²) in [7, 11) is 1.68. The summed E-state index contributed by atoms with van der Waals surface area (Å²) in [6, 6.07) is 8.75. The number of aromatic nitrogens is 2. The summed E-state index contributed by atoms with van der Waals surface area (Å²) in [6.07, 6.45) is 6.99. The molecule has 3 heterocycles. The quantitative estimate of drug-likeness (QED) is 0.845. The number of methoxy groups -OCH3 is 1. The fraction of sp³-hybridized carbons (Fsp3) is 0.591. The van der Waals surface area contributed by atoms with E-state index in [1.807, 2.05) is 30.5 Å². The maximum absolute atomic E-state index is 11.5. The minimum atomic E-state index is -0.795. The third-order valence-electron chi connectivity index (χ3n) is 6.52. The number of fused-ring (bicyclic) bond motifs is 2. The molecular formula is C22H31N3O2. The summed E-state index contributed by atoms with van der Waals surface area (Å²) in [5, 5.41) is 16.1. The average molecular weight is 370 g/mol. The highest BCUT2D eigenvalue weighted by Gasteiger charge is 2.49. The Balaban J connectivity index is 1.54. The molecule has 0 spiro atoms. The molecule has 4 rings (SSSR count). The maximum Gasteiger partial charge on any atom is 0.124 e. The molecule has 1 N–H and O–H groups in total. The van der Waals surface area contributed by atoms with Gasteiger partial charge in [0.05, 0.1) is 18.9 Å². The molecular weight excluding hydrogens is 338 g/mol. The molecule has 0 saturated carbocycles. The molecule has 2 atom stereocenters. The largest absolute Gasteiger partial charge is 0.496 e. The van der Waals surface area contributed by atoms with E-state index in [0.29, 0.717) is 12.1 Å². The first-order chi connectivity index (χ1) is 13.1. The molecule has 1 aromatic heterocycles. The lowest BCUT2D eigenvalue weighted by Crippen LogP contribution is -2.49. The summed E-state index contributed by atoms with van der Waals surface area (Å²) in [5.74, 6) is 0.796. The van der Waals surface area contributed by atoms with Gasteiger partial charge in [0.15, 0.2) is 0 Å². The van der Waals surface area contributed by atoms with Gasteiger partial charge in [-0.15, -0.1) is 0 Å². The van der Waals surface area contributed by atoms with E-state index in [2.05, 4.69) is 28.5 Å². The number of para-hydroxylation sites is 1. The van der Waals surface area contributed by atoms with Crippen LogP contribution in [0.15, 0.2) is 30.5 Å². The second-order valence-corrected chi connectivity index (χ2v) is 8.18. The van der Waals surface area contributed by atoms with Crippen molar-refractivity contribution in [1.29, 1.82) is 0 Å². The number of hydrogen-bond donors (Lipinski definition) is 1. The molecule has 0 radical (unpaired) electrons. The van der Waals surface area contributed by atoms with Gasteiger partial charge in [0.25, 0.3) is 0 Å². The van der Waals surface area contributed by atoms with E-state index in [-0.39, 0.29) is 0 Å². The van der Waals surface area contributed by atoms with Crippen LogP contribution in [0.3, 0.4) is 0 Å². The van der Waals surface area contributed by atoms with Crippen molar-refractivity contribution >= 4 is 0 Å². The minimum absolute atomic E-state index is 0.410. The summed E-state index contributed by atoms with van der Waals surface area (Å²) >= 11 is 0. The Hall–Kier alpha value is -1.85. The summed E-state index contributed by atoms with van der Waals surface area (Å²) in [6.45, 7) is 6.28. The summed E-state index contributed by atoms with van der Waals surface area (Å²) in [4.78, 5) is 2.60. The Labute approximate surface area is 161 Å². The van der Waals surface area contributed by atoms with Gasteiger partial charge in [-0.2, -0.15) is 5.10 Å². The van der Waals surface area contributed by atoms with Gasteiger partial charge in [-0.05, 0) is 45.1 Å². The fourth-order valence-electron chi connectivity index (χ4n) is 5.10. The monoisotopic (exact) mass is 369 g/mol. The standard InChI is InChI=1S/C22H31N3O2/c1-4-11-25-16(2)17(14-23-25)15-24-18-9-10-19(24)13-22(26,12-18)20-7-5-6-8-21(20)27-3/h5-8,14,18-19,26H,4,9-13,15H2,1-3H3/t18-,19-/m1/s1. The Morgan fingerprint density at radius 2 is 1.93 bits per heavy atom. The zero-order valence-corrected chi connectivity index (χ0v) is 16.7. The van der Waals surface area contributed by atoms with Crippen molar-refractivity contribution in [2.75, 3.05) is 7.11 Å². The fourth-order valence-corrected chi connectivity index (χ4v) is 5.10. The van der Waals surface area contributed by atoms with Crippen LogP contribution in [0.4, 0.5) is 0 Å². The van der Waals surface area contributed by atoms with E-state index >= 15 is 0 Å². The van der Waals surface area contributed by atoms with Crippen LogP contribution < -0.4 is 4.74 Å². The zero-order valence-electron chi connectivity index (χ0n) is 16.7. The number of ether oxygens (including phenoxy) is 1. The van der Waals surface area contributed by atoms with Gasteiger partial charge in [-0.25, -0.2) is 0 Å². The van der Waals surface area contributed by atoms with Gasteiger partial charge in [-0.3, -0.25) is 9.58 Å². The van der Waals surface area contributed by atoms with E-state index in [1.54, 1.807) is 7.11 Å². The highest BCUT2D eigenvalue weighted by molar-refractivity contribution is 5.39. The van der Waals surface area contributed by atoms with Crippen LogP contribution in [0.2, 0.25) is 0 Å². The molecule has 5 heteroatoms. The number of nitrogens with zero attached hydrogens (tertiary/aromatic N) is 3. The van der Waals surface area contributed by atoms with Crippen molar-refractivity contribution in [3.63, 3.8) is 0 Å². The molecule has 0 amide bonds. The first-order valence-electron chi connectivity index (χ1n) is 10.2. The molecule has 27 heavy (non-hydrogen) atoms. The van der Waals surface area contributed by atoms with E-state index < -0.39 is 5.60 Å². The second kappa shape index (κ2) is 7.28. The smallest absolute Gasteiger partial charge is 0.124 e. The molecule has 0 aliphatic carbocycles. The molecule has 2 bridgehead atoms. The number of hydrogen-bond acceptors (Lipinski definition) is 4. The van der Waals surface area contributed by atoms with Gasteiger partial charge in [0.2, 0.25) is 0 Å². The van der Waals surface area contributed by atoms with Crippen LogP contribution in [0.1, 0.15) is 55.8 Å². The molecule has 0 unspecified atom stereocenters. The van der Waals surface area contributed by atoms with Crippen LogP contribution in [-0.4, -0.2) is 39.0 Å². The topological polar surface area (TPSA) is 50.5 Å². The van der Waals surface area contributed by atoms with Crippen LogP contribution in [0.5, 0.6) is 5.75 Å². The highest BCUT2D eigenvalue weighted by Crippen LogP contribution is 2.48. The lowest BCUT2D eigenvalue weighted by Gasteiger charge is -2.44. The van der Waals surface area contributed by atoms with E-state index in [9.17, 15) is 5.11 Å². The van der Waals surface area contributed by atoms with Crippen LogP contribution in [0, 0.1) is 6.92 Å². The minimum Gasteiger partial charge on any atom is -0.496 e. The first-order valence-corrected chi connectivity index (χ1v) is 10.2. The summed E-state index contributed by atoms with van der Waals surface area (Å²) < 4.78 is 7.65. The average Bonchev–Trinajstić information content (AvgIpc) is 3.13. The van der Waals surface area contributed by atoms with Gasteiger partial charge >= 0.3 is 0 Å². The van der Waals surface area contributed by atoms with Crippen LogP contribution in [0.25, 0.3) is 0 Å². The van der Waals surface area contributed by atoms with Gasteiger partial charge < -0.3 is 9.84 Å². The Bertz CT molecular complexity index is 787. The second-order valence-electron chi connectivity index (χ2n) is 8.18. The molecule has 2 fully saturated rings. The number of aryl methyl sites for hydroxylation is 1. The van der Waals surface area contributed by atoms with Crippen molar-refractivity contribution in [3.05, 3.63) is 47.3 Å². The van der Waals surface area contributed by atoms with Gasteiger partial charge in [-0.1, -0.05) is 25.1 Å². The number of aliphatic hydroxyl groups is 1. The number of benzene rings is 1. The molecule has 2 saturated heterocycles. The lowest BCUT2D eigenvalue weighted by atomic mass is 9.80. The number of rotatable bonds is 6. The van der Waals surface area contributed by atoms with Gasteiger partial charge in [0, 0.05) is 42.0 Å². The zero-order chi connectivity index (χ0) is 19.0. The molecule has 2 aromatic rings. The molecule has 146 valence electrons. The van der Waals surface area contributed by atoms with Crippen molar-refractivity contribution in [3.8, 4) is 5.75 Å². The van der Waals surface area contributed by atoms with Gasteiger partial charge in [0.1, 0.15) is 5.75 Å². The summed E-state index contributed by atoms with van der Waals surface area (Å²) in [5.41, 5.74) is 2.75. The van der Waals surface area contributed by atoms with E-state index in [1.165, 1.54) is 11.3 Å². The van der Waals surface area contributed by atoms with Crippen molar-refractivity contribution in [1.82, 2.24) is 14.7 Å². The van der Waals surface area contributed by atoms with Crippen LogP contribution in [-0.2, 0) is 18.7 Å².